The summed E-state index contributed by atoms with van der Waals surface area (Å²) in [7, 11) is 0. The number of nitrogens with one attached hydrogen (secondary N) is 2. The molecule has 0 atom stereocenters. The van der Waals surface area contributed by atoms with Gasteiger partial charge < -0.3 is 16.4 Å². The number of hydrogen-bond acceptors (Lipinski definition) is 7. The van der Waals surface area contributed by atoms with Crippen LogP contribution in [0, 0.1) is 6.92 Å². The van der Waals surface area contributed by atoms with Gasteiger partial charge in [-0.1, -0.05) is 12.1 Å². The lowest BCUT2D eigenvalue weighted by Gasteiger charge is -2.10. The van der Waals surface area contributed by atoms with Crippen LogP contribution in [0.4, 0.5) is 23.1 Å². The highest BCUT2D eigenvalue weighted by Crippen LogP contribution is 2.21. The average molecular weight is 321 g/mol. The normalized spacial score (nSPS) is 10.2. The summed E-state index contributed by atoms with van der Waals surface area (Å²) >= 11 is 0. The van der Waals surface area contributed by atoms with E-state index in [4.69, 9.17) is 5.73 Å². The molecule has 120 valence electrons. The van der Waals surface area contributed by atoms with E-state index in [0.717, 1.165) is 0 Å². The first-order chi connectivity index (χ1) is 11.6. The van der Waals surface area contributed by atoms with Gasteiger partial charge >= 0.3 is 0 Å². The van der Waals surface area contributed by atoms with Crippen LogP contribution >= 0.6 is 0 Å². The predicted octanol–water partition coefficient (Wildman–Crippen LogP) is 2.16. The molecule has 3 rings (SSSR count). The number of rotatable bonds is 5. The van der Waals surface area contributed by atoms with E-state index in [-0.39, 0.29) is 0 Å². The Hall–Kier alpha value is -3.55. The number of primary amides is 1. The summed E-state index contributed by atoms with van der Waals surface area (Å²) in [5.74, 6) is 1.85. The van der Waals surface area contributed by atoms with Crippen LogP contribution in [-0.2, 0) is 0 Å². The molecule has 8 nitrogen and oxygen atoms in total. The standard InChI is InChI=1S/C16H15N7O/c1-10-18-7-6-13(21-10)23-15-8-14(19-9-20-15)22-12-5-3-2-4-11(12)16(17)24/h2-9H,1H3,(H2,17,24)(H2,18,19,20,21,22,23). The zero-order valence-electron chi connectivity index (χ0n) is 12.9. The Morgan fingerprint density at radius 2 is 1.75 bits per heavy atom. The Morgan fingerprint density at radius 3 is 2.50 bits per heavy atom. The summed E-state index contributed by atoms with van der Waals surface area (Å²) in [5.41, 5.74) is 6.34. The first kappa shape index (κ1) is 15.3. The van der Waals surface area contributed by atoms with Crippen molar-refractivity contribution in [2.24, 2.45) is 5.73 Å². The molecule has 0 fully saturated rings. The Balaban J connectivity index is 1.82. The Bertz CT molecular complexity index is 882. The van der Waals surface area contributed by atoms with Crippen molar-refractivity contribution in [2.45, 2.75) is 6.92 Å². The molecule has 0 bridgehead atoms. The molecule has 0 aliphatic heterocycles. The van der Waals surface area contributed by atoms with Gasteiger partial charge in [0.25, 0.3) is 5.91 Å². The van der Waals surface area contributed by atoms with Gasteiger partial charge in [-0.05, 0) is 25.1 Å². The Labute approximate surface area is 138 Å². The van der Waals surface area contributed by atoms with E-state index in [9.17, 15) is 4.79 Å². The maximum Gasteiger partial charge on any atom is 0.250 e. The fourth-order valence-corrected chi connectivity index (χ4v) is 2.10. The SMILES string of the molecule is Cc1nccc(Nc2cc(Nc3ccccc3C(N)=O)ncn2)n1. The van der Waals surface area contributed by atoms with Crippen LogP contribution in [0.5, 0.6) is 0 Å². The van der Waals surface area contributed by atoms with E-state index >= 15 is 0 Å². The van der Waals surface area contributed by atoms with E-state index in [0.29, 0.717) is 34.5 Å². The first-order valence-corrected chi connectivity index (χ1v) is 7.16. The largest absolute Gasteiger partial charge is 0.366 e. The first-order valence-electron chi connectivity index (χ1n) is 7.16. The number of nitrogens with two attached hydrogens (primary N) is 1. The Kier molecular flexibility index (Phi) is 4.28. The summed E-state index contributed by atoms with van der Waals surface area (Å²) in [6.45, 7) is 1.80. The lowest BCUT2D eigenvalue weighted by atomic mass is 10.1. The minimum atomic E-state index is -0.512. The molecular formula is C16H15N7O. The van der Waals surface area contributed by atoms with Gasteiger partial charge in [0, 0.05) is 12.3 Å². The number of benzene rings is 1. The van der Waals surface area contributed by atoms with Crippen LogP contribution in [0.25, 0.3) is 0 Å². The van der Waals surface area contributed by atoms with Crippen LogP contribution in [0.2, 0.25) is 0 Å². The summed E-state index contributed by atoms with van der Waals surface area (Å²) in [6, 6.07) is 10.4. The smallest absolute Gasteiger partial charge is 0.250 e. The van der Waals surface area contributed by atoms with E-state index in [1.165, 1.54) is 6.33 Å². The Morgan fingerprint density at radius 1 is 1.00 bits per heavy atom. The zero-order valence-corrected chi connectivity index (χ0v) is 12.9. The number of anilines is 4. The minimum absolute atomic E-state index is 0.386. The van der Waals surface area contributed by atoms with E-state index in [1.54, 1.807) is 49.5 Å². The van der Waals surface area contributed by atoms with Crippen molar-refractivity contribution in [1.82, 2.24) is 19.9 Å². The van der Waals surface area contributed by atoms with Crippen LogP contribution in [0.1, 0.15) is 16.2 Å². The van der Waals surface area contributed by atoms with Crippen molar-refractivity contribution in [3.8, 4) is 0 Å². The highest BCUT2D eigenvalue weighted by molar-refractivity contribution is 5.99. The molecule has 24 heavy (non-hydrogen) atoms. The van der Waals surface area contributed by atoms with E-state index in [2.05, 4.69) is 30.6 Å². The van der Waals surface area contributed by atoms with Crippen LogP contribution in [0.15, 0.2) is 48.9 Å². The fraction of sp³-hybridized carbons (Fsp3) is 0.0625. The van der Waals surface area contributed by atoms with Gasteiger partial charge in [0.2, 0.25) is 0 Å². The van der Waals surface area contributed by atoms with Gasteiger partial charge in [0.05, 0.1) is 11.3 Å². The van der Waals surface area contributed by atoms with Gasteiger partial charge in [-0.15, -0.1) is 0 Å². The summed E-state index contributed by atoms with van der Waals surface area (Å²) in [6.07, 6.45) is 3.07. The summed E-state index contributed by atoms with van der Waals surface area (Å²) < 4.78 is 0. The molecule has 4 N–H and O–H groups in total. The molecule has 0 radical (unpaired) electrons. The van der Waals surface area contributed by atoms with Gasteiger partial charge in [0.1, 0.15) is 29.6 Å². The third-order valence-corrected chi connectivity index (χ3v) is 3.15. The lowest BCUT2D eigenvalue weighted by molar-refractivity contribution is 0.100. The molecule has 1 aromatic carbocycles. The van der Waals surface area contributed by atoms with Gasteiger partial charge in [-0.25, -0.2) is 19.9 Å². The molecule has 0 spiro atoms. The van der Waals surface area contributed by atoms with Crippen molar-refractivity contribution < 1.29 is 4.79 Å². The number of nitrogens with zero attached hydrogens (tertiary/aromatic N) is 4. The molecule has 8 heteroatoms. The maximum absolute atomic E-state index is 11.5. The molecule has 1 amide bonds. The third kappa shape index (κ3) is 3.61. The second-order valence-corrected chi connectivity index (χ2v) is 4.94. The average Bonchev–Trinajstić information content (AvgIpc) is 2.55. The lowest BCUT2D eigenvalue weighted by Crippen LogP contribution is -2.13. The number of para-hydroxylation sites is 1. The third-order valence-electron chi connectivity index (χ3n) is 3.15. The molecule has 0 saturated heterocycles. The van der Waals surface area contributed by atoms with Crippen molar-refractivity contribution in [1.29, 1.82) is 0 Å². The number of hydrogen-bond donors (Lipinski definition) is 3. The number of aryl methyl sites for hydroxylation is 1. The van der Waals surface area contributed by atoms with Crippen molar-refractivity contribution >= 4 is 29.0 Å². The molecule has 0 aliphatic carbocycles. The quantitative estimate of drug-likeness (QED) is 0.658. The highest BCUT2D eigenvalue weighted by Gasteiger charge is 2.08. The minimum Gasteiger partial charge on any atom is -0.366 e. The molecule has 0 unspecified atom stereocenters. The second-order valence-electron chi connectivity index (χ2n) is 4.94. The molecule has 2 heterocycles. The maximum atomic E-state index is 11.5. The monoisotopic (exact) mass is 321 g/mol. The van der Waals surface area contributed by atoms with E-state index in [1.807, 2.05) is 0 Å². The number of carbonyl (C=O) groups excluding carboxylic acids is 1. The molecular weight excluding hydrogens is 306 g/mol. The van der Waals surface area contributed by atoms with Gasteiger partial charge in [-0.3, -0.25) is 4.79 Å². The number of aromatic nitrogens is 4. The molecule has 2 aromatic heterocycles. The predicted molar refractivity (Wildman–Crippen MR) is 90.3 cm³/mol. The molecule has 3 aromatic rings. The van der Waals surface area contributed by atoms with Gasteiger partial charge in [-0.2, -0.15) is 0 Å². The topological polar surface area (TPSA) is 119 Å². The van der Waals surface area contributed by atoms with Crippen molar-refractivity contribution in [3.05, 3.63) is 60.3 Å². The highest BCUT2D eigenvalue weighted by atomic mass is 16.1. The van der Waals surface area contributed by atoms with Crippen LogP contribution in [-0.4, -0.2) is 25.8 Å². The van der Waals surface area contributed by atoms with Crippen LogP contribution < -0.4 is 16.4 Å². The number of carbonyl (C=O) groups is 1. The van der Waals surface area contributed by atoms with E-state index < -0.39 is 5.91 Å². The molecule has 0 aliphatic rings. The number of amides is 1. The van der Waals surface area contributed by atoms with Crippen molar-refractivity contribution in [3.63, 3.8) is 0 Å². The van der Waals surface area contributed by atoms with Gasteiger partial charge in [0.15, 0.2) is 0 Å². The fourth-order valence-electron chi connectivity index (χ4n) is 2.10. The summed E-state index contributed by atoms with van der Waals surface area (Å²) in [4.78, 5) is 28.1. The second kappa shape index (κ2) is 6.69. The summed E-state index contributed by atoms with van der Waals surface area (Å²) in [5, 5.41) is 6.14. The van der Waals surface area contributed by atoms with Crippen molar-refractivity contribution in [2.75, 3.05) is 10.6 Å². The van der Waals surface area contributed by atoms with Crippen LogP contribution in [0.3, 0.4) is 0 Å². The zero-order chi connectivity index (χ0) is 16.9. The molecule has 0 saturated carbocycles.